The van der Waals surface area contributed by atoms with E-state index in [0.29, 0.717) is 14.9 Å². The third-order valence-electron chi connectivity index (χ3n) is 4.05. The van der Waals surface area contributed by atoms with Crippen LogP contribution in [0.3, 0.4) is 0 Å². The SMILES string of the molecule is N#Cc1cnc(NC(=O)Cn2nc(C(F)F)n3c(cc4sccc43)c2=O)c(F)c1. The van der Waals surface area contributed by atoms with Crippen LogP contribution in [-0.2, 0) is 11.3 Å². The third-order valence-corrected chi connectivity index (χ3v) is 4.90. The molecule has 0 bridgehead atoms. The maximum absolute atomic E-state index is 13.9. The number of aromatic nitrogens is 4. The van der Waals surface area contributed by atoms with E-state index < -0.39 is 41.9 Å². The number of carbonyl (C=O) groups is 1. The topological polar surface area (TPSA) is 105 Å². The van der Waals surface area contributed by atoms with E-state index in [1.165, 1.54) is 17.4 Å². The minimum absolute atomic E-state index is 0.0430. The highest BCUT2D eigenvalue weighted by Gasteiger charge is 2.22. The number of nitrogens with zero attached hydrogens (tertiary/aromatic N) is 5. The molecule has 0 aliphatic carbocycles. The molecule has 4 aromatic rings. The molecule has 1 amide bonds. The molecular formula is C17H9F3N6O2S. The van der Waals surface area contributed by atoms with Crippen LogP contribution in [0.1, 0.15) is 17.8 Å². The largest absolute Gasteiger partial charge is 0.307 e. The monoisotopic (exact) mass is 418 g/mol. The molecule has 1 N–H and O–H groups in total. The molecule has 4 heterocycles. The van der Waals surface area contributed by atoms with Gasteiger partial charge in [0.25, 0.3) is 12.0 Å². The summed E-state index contributed by atoms with van der Waals surface area (Å²) in [6, 6.07) is 5.62. The van der Waals surface area contributed by atoms with Gasteiger partial charge in [0.2, 0.25) is 11.7 Å². The Hall–Kier alpha value is -3.72. The predicted octanol–water partition coefficient (Wildman–Crippen LogP) is 2.69. The molecule has 0 unspecified atom stereocenters. The van der Waals surface area contributed by atoms with E-state index in [9.17, 15) is 22.8 Å². The Bertz CT molecular complexity index is 1370. The lowest BCUT2D eigenvalue weighted by Crippen LogP contribution is -2.32. The summed E-state index contributed by atoms with van der Waals surface area (Å²) in [5.74, 6) is -2.99. The number of amides is 1. The molecule has 8 nitrogen and oxygen atoms in total. The number of nitriles is 1. The van der Waals surface area contributed by atoms with Crippen molar-refractivity contribution in [2.45, 2.75) is 13.0 Å². The second kappa shape index (κ2) is 7.02. The van der Waals surface area contributed by atoms with Crippen molar-refractivity contribution in [1.29, 1.82) is 5.26 Å². The van der Waals surface area contributed by atoms with Gasteiger partial charge in [0.15, 0.2) is 11.6 Å². The van der Waals surface area contributed by atoms with Gasteiger partial charge in [-0.3, -0.25) is 14.0 Å². The standard InChI is InChI=1S/C17H9F3N6O2S/c18-9-3-8(5-21)6-22-15(9)23-13(27)7-25-17(28)11-4-12-10(1-2-29-12)26(11)16(24-25)14(19)20/h1-4,6,14H,7H2,(H,22,23,27). The zero-order valence-corrected chi connectivity index (χ0v) is 15.1. The van der Waals surface area contributed by atoms with Crippen LogP contribution in [0.15, 0.2) is 34.6 Å². The summed E-state index contributed by atoms with van der Waals surface area (Å²) in [7, 11) is 0. The van der Waals surface area contributed by atoms with Crippen molar-refractivity contribution in [2.24, 2.45) is 0 Å². The van der Waals surface area contributed by atoms with Crippen molar-refractivity contribution in [3.8, 4) is 6.07 Å². The minimum atomic E-state index is -3.00. The number of hydrogen-bond donors (Lipinski definition) is 1. The molecule has 4 aromatic heterocycles. The first-order valence-corrected chi connectivity index (χ1v) is 8.90. The van der Waals surface area contributed by atoms with Crippen LogP contribution in [0, 0.1) is 17.1 Å². The van der Waals surface area contributed by atoms with Gasteiger partial charge in [-0.25, -0.2) is 22.8 Å². The van der Waals surface area contributed by atoms with Gasteiger partial charge in [0.1, 0.15) is 18.1 Å². The number of alkyl halides is 2. The molecule has 29 heavy (non-hydrogen) atoms. The quantitative estimate of drug-likeness (QED) is 0.549. The molecule has 146 valence electrons. The molecule has 4 rings (SSSR count). The number of carbonyl (C=O) groups excluding carboxylic acids is 1. The number of rotatable bonds is 4. The lowest BCUT2D eigenvalue weighted by atomic mass is 10.3. The van der Waals surface area contributed by atoms with Crippen LogP contribution in [-0.4, -0.2) is 25.1 Å². The summed E-state index contributed by atoms with van der Waals surface area (Å²) in [4.78, 5) is 28.5. The Morgan fingerprint density at radius 3 is 2.83 bits per heavy atom. The molecule has 0 spiro atoms. The lowest BCUT2D eigenvalue weighted by molar-refractivity contribution is -0.117. The van der Waals surface area contributed by atoms with Gasteiger partial charge in [0, 0.05) is 6.20 Å². The fraction of sp³-hybridized carbons (Fsp3) is 0.118. The molecule has 0 atom stereocenters. The number of pyridine rings is 1. The maximum atomic E-state index is 13.9. The summed E-state index contributed by atoms with van der Waals surface area (Å²) in [5.41, 5.74) is -0.419. The van der Waals surface area contributed by atoms with Crippen molar-refractivity contribution in [3.63, 3.8) is 0 Å². The van der Waals surface area contributed by atoms with Crippen molar-refractivity contribution >= 4 is 38.8 Å². The Morgan fingerprint density at radius 1 is 1.34 bits per heavy atom. The molecule has 0 aliphatic heterocycles. The number of nitrogens with one attached hydrogen (secondary N) is 1. The first kappa shape index (κ1) is 18.6. The van der Waals surface area contributed by atoms with Crippen molar-refractivity contribution < 1.29 is 18.0 Å². The predicted molar refractivity (Wildman–Crippen MR) is 97.3 cm³/mol. The van der Waals surface area contributed by atoms with E-state index in [1.807, 2.05) is 0 Å². The molecule has 0 aromatic carbocycles. The summed E-state index contributed by atoms with van der Waals surface area (Å²) in [5, 5.41) is 16.2. The van der Waals surface area contributed by atoms with Gasteiger partial charge < -0.3 is 5.32 Å². The van der Waals surface area contributed by atoms with Gasteiger partial charge in [-0.05, 0) is 23.6 Å². The molecule has 0 fully saturated rings. The normalized spacial score (nSPS) is 11.3. The van der Waals surface area contributed by atoms with E-state index >= 15 is 0 Å². The van der Waals surface area contributed by atoms with Crippen LogP contribution >= 0.6 is 11.3 Å². The van der Waals surface area contributed by atoms with E-state index in [4.69, 9.17) is 5.26 Å². The smallest absolute Gasteiger partial charge is 0.297 e. The molecule has 12 heteroatoms. The highest BCUT2D eigenvalue weighted by Crippen LogP contribution is 2.27. The van der Waals surface area contributed by atoms with Crippen LogP contribution < -0.4 is 10.9 Å². The number of anilines is 1. The first-order valence-electron chi connectivity index (χ1n) is 8.02. The highest BCUT2D eigenvalue weighted by molar-refractivity contribution is 7.17. The van der Waals surface area contributed by atoms with Crippen LogP contribution in [0.5, 0.6) is 0 Å². The van der Waals surface area contributed by atoms with Gasteiger partial charge in [-0.2, -0.15) is 5.26 Å². The fourth-order valence-electron chi connectivity index (χ4n) is 2.82. The fourth-order valence-corrected chi connectivity index (χ4v) is 3.63. The summed E-state index contributed by atoms with van der Waals surface area (Å²) >= 11 is 1.27. The van der Waals surface area contributed by atoms with Gasteiger partial charge >= 0.3 is 0 Å². The van der Waals surface area contributed by atoms with Crippen molar-refractivity contribution in [3.05, 3.63) is 57.3 Å². The maximum Gasteiger partial charge on any atom is 0.297 e. The molecule has 0 saturated carbocycles. The molecule has 0 saturated heterocycles. The number of halogens is 3. The Labute approximate surface area is 163 Å². The Kier molecular flexibility index (Phi) is 4.51. The molecular weight excluding hydrogens is 409 g/mol. The summed E-state index contributed by atoms with van der Waals surface area (Å²) in [6.45, 7) is -0.727. The summed E-state index contributed by atoms with van der Waals surface area (Å²) < 4.78 is 43.2. The first-order chi connectivity index (χ1) is 13.9. The van der Waals surface area contributed by atoms with Crippen molar-refractivity contribution in [2.75, 3.05) is 5.32 Å². The lowest BCUT2D eigenvalue weighted by Gasteiger charge is -2.11. The Morgan fingerprint density at radius 2 is 2.14 bits per heavy atom. The Balaban J connectivity index is 1.71. The number of hydrogen-bond acceptors (Lipinski definition) is 6. The van der Waals surface area contributed by atoms with Gasteiger partial charge in [-0.1, -0.05) is 0 Å². The van der Waals surface area contributed by atoms with Crippen LogP contribution in [0.4, 0.5) is 19.0 Å². The van der Waals surface area contributed by atoms with Crippen molar-refractivity contribution in [1.82, 2.24) is 19.2 Å². The number of thiophene rings is 1. The minimum Gasteiger partial charge on any atom is -0.307 e. The van der Waals surface area contributed by atoms with E-state index in [-0.39, 0.29) is 11.1 Å². The van der Waals surface area contributed by atoms with Crippen LogP contribution in [0.2, 0.25) is 0 Å². The highest BCUT2D eigenvalue weighted by atomic mass is 32.1. The van der Waals surface area contributed by atoms with Crippen LogP contribution in [0.25, 0.3) is 15.7 Å². The van der Waals surface area contributed by atoms with Gasteiger partial charge in [-0.15, -0.1) is 16.4 Å². The second-order valence-electron chi connectivity index (χ2n) is 5.87. The third kappa shape index (κ3) is 3.21. The van der Waals surface area contributed by atoms with E-state index in [1.54, 1.807) is 17.5 Å². The number of fused-ring (bicyclic) bond motifs is 3. The zero-order valence-electron chi connectivity index (χ0n) is 14.3. The average Bonchev–Trinajstić information content (AvgIpc) is 3.27. The average molecular weight is 418 g/mol. The molecule has 0 aliphatic rings. The summed E-state index contributed by atoms with van der Waals surface area (Å²) in [6.07, 6.45) is -1.95. The molecule has 0 radical (unpaired) electrons. The zero-order chi connectivity index (χ0) is 20.7. The van der Waals surface area contributed by atoms with E-state index in [2.05, 4.69) is 15.4 Å². The van der Waals surface area contributed by atoms with E-state index in [0.717, 1.165) is 16.7 Å². The van der Waals surface area contributed by atoms with Gasteiger partial charge in [0.05, 0.1) is 15.8 Å². The second-order valence-corrected chi connectivity index (χ2v) is 6.82.